The number of esters is 1. The maximum absolute atomic E-state index is 11.1. The number of benzene rings is 4. The fourth-order valence-corrected chi connectivity index (χ4v) is 6.21. The molecule has 0 saturated carbocycles. The van der Waals surface area contributed by atoms with Crippen molar-refractivity contribution in [3.8, 4) is 34.8 Å². The summed E-state index contributed by atoms with van der Waals surface area (Å²) in [4.78, 5) is 11.1. The minimum atomic E-state index is -0.436. The fraction of sp³-hybridized carbons (Fsp3) is 0.311. The molecule has 252 valence electrons. The van der Waals surface area contributed by atoms with E-state index in [0.29, 0.717) is 19.6 Å². The monoisotopic (exact) mass is 652 g/mol. The molecular formula is C45H48O4. The van der Waals surface area contributed by atoms with Gasteiger partial charge in [0, 0.05) is 34.9 Å². The van der Waals surface area contributed by atoms with Crippen molar-refractivity contribution < 1.29 is 19.4 Å². The quantitative estimate of drug-likeness (QED) is 0.0809. The first-order valence-electron chi connectivity index (χ1n) is 16.9. The van der Waals surface area contributed by atoms with Gasteiger partial charge in [0.15, 0.2) is 0 Å². The van der Waals surface area contributed by atoms with Gasteiger partial charge in [0.05, 0.1) is 13.2 Å². The number of hydrogen-bond donors (Lipinski definition) is 1. The first-order valence-corrected chi connectivity index (χ1v) is 16.9. The molecule has 0 unspecified atom stereocenters. The van der Waals surface area contributed by atoms with Crippen LogP contribution in [-0.2, 0) is 27.1 Å². The van der Waals surface area contributed by atoms with Crippen molar-refractivity contribution in [2.24, 2.45) is 0 Å². The van der Waals surface area contributed by atoms with E-state index in [0.717, 1.165) is 40.3 Å². The number of ether oxygens (including phenoxy) is 2. The first-order chi connectivity index (χ1) is 23.5. The number of hydrogen-bond acceptors (Lipinski definition) is 4. The standard InChI is InChI=1S/C45H48O4/c1-10-43(47)49-28-27-48-26-24-40-17-13-38(14-18-40)20-22-42-31(4)35(8)45(36(9)32(42)5)44-33(6)29(2)41(30(3)34(44)7)21-19-37-11-15-39(16-12-37)23-25-46/h10-18,46H,1,23-28H2,2-9H3. The van der Waals surface area contributed by atoms with E-state index < -0.39 is 5.97 Å². The van der Waals surface area contributed by atoms with Gasteiger partial charge in [-0.25, -0.2) is 4.79 Å². The second kappa shape index (κ2) is 17.0. The first kappa shape index (κ1) is 37.0. The highest BCUT2D eigenvalue weighted by atomic mass is 16.6. The lowest BCUT2D eigenvalue weighted by Crippen LogP contribution is -2.09. The van der Waals surface area contributed by atoms with Crippen molar-refractivity contribution in [3.05, 3.63) is 139 Å². The van der Waals surface area contributed by atoms with Crippen LogP contribution in [0, 0.1) is 79.1 Å². The van der Waals surface area contributed by atoms with Gasteiger partial charge in [0.1, 0.15) is 6.61 Å². The van der Waals surface area contributed by atoms with Gasteiger partial charge in [0.2, 0.25) is 0 Å². The van der Waals surface area contributed by atoms with Crippen LogP contribution in [0.2, 0.25) is 0 Å². The molecule has 0 aliphatic heterocycles. The average molecular weight is 653 g/mol. The third-order valence-electron chi connectivity index (χ3n) is 9.65. The third-order valence-corrected chi connectivity index (χ3v) is 9.65. The van der Waals surface area contributed by atoms with Gasteiger partial charge in [-0.05, 0) is 159 Å². The van der Waals surface area contributed by atoms with E-state index in [4.69, 9.17) is 9.47 Å². The lowest BCUT2D eigenvalue weighted by Gasteiger charge is -2.24. The van der Waals surface area contributed by atoms with Crippen molar-refractivity contribution in [2.45, 2.75) is 68.2 Å². The van der Waals surface area contributed by atoms with Crippen LogP contribution >= 0.6 is 0 Å². The van der Waals surface area contributed by atoms with Gasteiger partial charge >= 0.3 is 5.97 Å². The van der Waals surface area contributed by atoms with Crippen molar-refractivity contribution in [3.63, 3.8) is 0 Å². The molecule has 0 radical (unpaired) electrons. The lowest BCUT2D eigenvalue weighted by molar-refractivity contribution is -0.139. The number of rotatable bonds is 10. The van der Waals surface area contributed by atoms with Gasteiger partial charge in [-0.1, -0.05) is 54.5 Å². The van der Waals surface area contributed by atoms with Gasteiger partial charge < -0.3 is 14.6 Å². The van der Waals surface area contributed by atoms with E-state index in [1.54, 1.807) is 0 Å². The summed E-state index contributed by atoms with van der Waals surface area (Å²) in [7, 11) is 0. The number of carbonyl (C=O) groups excluding carboxylic acids is 1. The normalized spacial score (nSPS) is 10.6. The minimum Gasteiger partial charge on any atom is -0.460 e. The van der Waals surface area contributed by atoms with Crippen LogP contribution in [0.5, 0.6) is 0 Å². The van der Waals surface area contributed by atoms with E-state index in [1.165, 1.54) is 61.2 Å². The Morgan fingerprint density at radius 3 is 1.39 bits per heavy atom. The van der Waals surface area contributed by atoms with Crippen molar-refractivity contribution in [1.29, 1.82) is 0 Å². The molecule has 0 amide bonds. The molecule has 0 bridgehead atoms. The molecule has 0 atom stereocenters. The molecule has 1 N–H and O–H groups in total. The van der Waals surface area contributed by atoms with E-state index >= 15 is 0 Å². The van der Waals surface area contributed by atoms with E-state index in [1.807, 2.05) is 24.3 Å². The molecule has 0 aliphatic carbocycles. The summed E-state index contributed by atoms with van der Waals surface area (Å²) in [6, 6.07) is 16.4. The SMILES string of the molecule is C=CC(=O)OCCOCCc1ccc(C#Cc2c(C)c(C)c(-c3c(C)c(C)c(C#Cc4ccc(CCO)cc4)c(C)c3C)c(C)c2C)cc1. The van der Waals surface area contributed by atoms with Crippen LogP contribution in [0.1, 0.15) is 77.9 Å². The summed E-state index contributed by atoms with van der Waals surface area (Å²) in [5.41, 5.74) is 18.9. The lowest BCUT2D eigenvalue weighted by atomic mass is 9.79. The Bertz CT molecular complexity index is 1910. The third kappa shape index (κ3) is 8.79. The highest BCUT2D eigenvalue weighted by Gasteiger charge is 2.21. The molecule has 0 fully saturated rings. The maximum atomic E-state index is 11.1. The zero-order chi connectivity index (χ0) is 35.7. The molecule has 0 aliphatic rings. The Labute approximate surface area is 293 Å². The van der Waals surface area contributed by atoms with Crippen LogP contribution in [0.3, 0.4) is 0 Å². The van der Waals surface area contributed by atoms with E-state index in [-0.39, 0.29) is 13.2 Å². The van der Waals surface area contributed by atoms with Crippen LogP contribution in [0.4, 0.5) is 0 Å². The van der Waals surface area contributed by atoms with E-state index in [2.05, 4.69) is 110 Å². The summed E-state index contributed by atoms with van der Waals surface area (Å²) < 4.78 is 10.5. The Hall–Kier alpha value is -4.87. The Morgan fingerprint density at radius 1 is 0.592 bits per heavy atom. The summed E-state index contributed by atoms with van der Waals surface area (Å²) in [6.07, 6.45) is 2.57. The molecule has 4 rings (SSSR count). The van der Waals surface area contributed by atoms with Crippen molar-refractivity contribution in [1.82, 2.24) is 0 Å². The van der Waals surface area contributed by atoms with Crippen molar-refractivity contribution in [2.75, 3.05) is 26.4 Å². The summed E-state index contributed by atoms with van der Waals surface area (Å²) in [5.74, 6) is 13.3. The summed E-state index contributed by atoms with van der Waals surface area (Å²) >= 11 is 0. The summed E-state index contributed by atoms with van der Waals surface area (Å²) in [5, 5.41) is 9.22. The van der Waals surface area contributed by atoms with E-state index in [9.17, 15) is 9.90 Å². The second-order valence-corrected chi connectivity index (χ2v) is 12.6. The molecule has 49 heavy (non-hydrogen) atoms. The zero-order valence-corrected chi connectivity index (χ0v) is 30.3. The van der Waals surface area contributed by atoms with Gasteiger partial charge in [0.25, 0.3) is 0 Å². The largest absolute Gasteiger partial charge is 0.460 e. The number of carbonyl (C=O) groups is 1. The predicted molar refractivity (Wildman–Crippen MR) is 201 cm³/mol. The molecule has 0 spiro atoms. The highest BCUT2D eigenvalue weighted by molar-refractivity contribution is 5.83. The zero-order valence-electron chi connectivity index (χ0n) is 30.3. The Balaban J connectivity index is 1.57. The Morgan fingerprint density at radius 2 is 1.00 bits per heavy atom. The fourth-order valence-electron chi connectivity index (χ4n) is 6.21. The van der Waals surface area contributed by atoms with Crippen LogP contribution < -0.4 is 0 Å². The maximum Gasteiger partial charge on any atom is 0.330 e. The Kier molecular flexibility index (Phi) is 12.8. The predicted octanol–water partition coefficient (Wildman–Crippen LogP) is 8.44. The molecule has 4 nitrogen and oxygen atoms in total. The number of aliphatic hydroxyl groups is 1. The van der Waals surface area contributed by atoms with Gasteiger partial charge in [-0.3, -0.25) is 0 Å². The molecule has 4 aromatic carbocycles. The molecule has 4 aromatic rings. The molecule has 0 saturated heterocycles. The van der Waals surface area contributed by atoms with Gasteiger partial charge in [-0.15, -0.1) is 0 Å². The smallest absolute Gasteiger partial charge is 0.330 e. The second-order valence-electron chi connectivity index (χ2n) is 12.6. The molecule has 4 heteroatoms. The number of aliphatic hydroxyl groups excluding tert-OH is 1. The van der Waals surface area contributed by atoms with Crippen LogP contribution in [0.15, 0.2) is 61.2 Å². The van der Waals surface area contributed by atoms with Crippen LogP contribution in [0.25, 0.3) is 11.1 Å². The molecule has 0 aromatic heterocycles. The average Bonchev–Trinajstić information content (AvgIpc) is 3.10. The topological polar surface area (TPSA) is 55.8 Å². The minimum absolute atomic E-state index is 0.149. The molecular weight excluding hydrogens is 604 g/mol. The van der Waals surface area contributed by atoms with Crippen LogP contribution in [-0.4, -0.2) is 37.5 Å². The molecule has 0 heterocycles. The van der Waals surface area contributed by atoms with Crippen molar-refractivity contribution >= 4 is 5.97 Å². The van der Waals surface area contributed by atoms with Gasteiger partial charge in [-0.2, -0.15) is 0 Å². The highest BCUT2D eigenvalue weighted by Crippen LogP contribution is 2.40. The summed E-state index contributed by atoms with van der Waals surface area (Å²) in [6.45, 7) is 22.3.